The van der Waals surface area contributed by atoms with Gasteiger partial charge in [0.1, 0.15) is 18.2 Å². The highest BCUT2D eigenvalue weighted by Crippen LogP contribution is 2.44. The van der Waals surface area contributed by atoms with E-state index in [9.17, 15) is 4.79 Å². The molecule has 168 valence electrons. The van der Waals surface area contributed by atoms with Crippen LogP contribution >= 0.6 is 0 Å². The number of fused-ring (bicyclic) bond motifs is 2. The zero-order valence-corrected chi connectivity index (χ0v) is 19.6. The van der Waals surface area contributed by atoms with E-state index in [1.54, 1.807) is 0 Å². The van der Waals surface area contributed by atoms with Gasteiger partial charge in [0.2, 0.25) is 5.78 Å². The zero-order chi connectivity index (χ0) is 23.1. The number of hydrogen-bond acceptors (Lipinski definition) is 4. The van der Waals surface area contributed by atoms with Crippen LogP contribution in [-0.2, 0) is 6.54 Å². The van der Waals surface area contributed by atoms with Crippen molar-refractivity contribution in [1.29, 1.82) is 0 Å². The largest absolute Gasteiger partial charge is 0.477 e. The highest BCUT2D eigenvalue weighted by molar-refractivity contribution is 6.15. The van der Waals surface area contributed by atoms with Crippen LogP contribution in [0.3, 0.4) is 0 Å². The van der Waals surface area contributed by atoms with Gasteiger partial charge in [0.25, 0.3) is 0 Å². The highest BCUT2D eigenvalue weighted by Gasteiger charge is 2.34. The van der Waals surface area contributed by atoms with Crippen LogP contribution < -0.4 is 9.47 Å². The lowest BCUT2D eigenvalue weighted by molar-refractivity contribution is 0.0609. The first-order chi connectivity index (χ1) is 15.9. The molecular formula is C29H29NO3. The van der Waals surface area contributed by atoms with Gasteiger partial charge in [-0.3, -0.25) is 9.69 Å². The van der Waals surface area contributed by atoms with E-state index in [4.69, 9.17) is 9.47 Å². The maximum absolute atomic E-state index is 13.2. The van der Waals surface area contributed by atoms with Crippen LogP contribution in [0.25, 0.3) is 6.08 Å². The van der Waals surface area contributed by atoms with E-state index in [0.717, 1.165) is 29.0 Å². The molecule has 0 aromatic heterocycles. The fourth-order valence-corrected chi connectivity index (χ4v) is 4.59. The normalized spacial score (nSPS) is 17.5. The van der Waals surface area contributed by atoms with E-state index in [-0.39, 0.29) is 11.8 Å². The summed E-state index contributed by atoms with van der Waals surface area (Å²) in [6.07, 6.45) is 1.83. The molecule has 0 saturated carbocycles. The average Bonchev–Trinajstić information content (AvgIpc) is 3.14. The van der Waals surface area contributed by atoms with Crippen LogP contribution in [0.4, 0.5) is 0 Å². The number of carbonyl (C=O) groups is 1. The molecule has 2 heterocycles. The smallest absolute Gasteiger partial charge is 0.231 e. The molecule has 0 radical (unpaired) electrons. The molecule has 2 aliphatic heterocycles. The van der Waals surface area contributed by atoms with Crippen LogP contribution in [0.2, 0.25) is 0 Å². The second kappa shape index (κ2) is 8.53. The van der Waals surface area contributed by atoms with Crippen molar-refractivity contribution in [3.63, 3.8) is 0 Å². The first kappa shape index (κ1) is 21.5. The predicted molar refractivity (Wildman–Crippen MR) is 131 cm³/mol. The van der Waals surface area contributed by atoms with Gasteiger partial charge in [-0.05, 0) is 48.6 Å². The summed E-state index contributed by atoms with van der Waals surface area (Å²) < 4.78 is 12.2. The fraction of sp³-hybridized carbons (Fsp3) is 0.276. The van der Waals surface area contributed by atoms with Gasteiger partial charge in [-0.2, -0.15) is 0 Å². The van der Waals surface area contributed by atoms with Crippen molar-refractivity contribution in [1.82, 2.24) is 4.90 Å². The summed E-state index contributed by atoms with van der Waals surface area (Å²) >= 11 is 0. The molecule has 0 saturated heterocycles. The van der Waals surface area contributed by atoms with Gasteiger partial charge in [-0.25, -0.2) is 0 Å². The van der Waals surface area contributed by atoms with Crippen molar-refractivity contribution in [3.05, 3.63) is 99.8 Å². The Labute approximate surface area is 195 Å². The molecule has 2 aliphatic rings. The third-order valence-corrected chi connectivity index (χ3v) is 6.70. The molecular weight excluding hydrogens is 410 g/mol. The van der Waals surface area contributed by atoms with Gasteiger partial charge in [0, 0.05) is 23.7 Å². The van der Waals surface area contributed by atoms with Crippen molar-refractivity contribution in [3.8, 4) is 11.5 Å². The molecule has 0 aliphatic carbocycles. The van der Waals surface area contributed by atoms with E-state index in [1.165, 1.54) is 11.1 Å². The maximum atomic E-state index is 13.2. The Morgan fingerprint density at radius 1 is 0.939 bits per heavy atom. The standard InChI is InChI=1S/C29H29NO3/c1-18(2)22-12-10-21(11-13-22)14-26-27(31)25-15-24-16-30(20(4)23-8-6-5-7-9-23)17-32-28(24)19(3)29(25)33-26/h5-15,18,20H,16-17H2,1-4H3/b26-14-. The Hall–Kier alpha value is -3.37. The van der Waals surface area contributed by atoms with Gasteiger partial charge in [0.15, 0.2) is 5.76 Å². The van der Waals surface area contributed by atoms with Crippen molar-refractivity contribution in [2.24, 2.45) is 0 Å². The van der Waals surface area contributed by atoms with Gasteiger partial charge >= 0.3 is 0 Å². The Morgan fingerprint density at radius 2 is 1.67 bits per heavy atom. The summed E-state index contributed by atoms with van der Waals surface area (Å²) in [5.74, 6) is 2.21. The number of ketones is 1. The minimum Gasteiger partial charge on any atom is -0.477 e. The Morgan fingerprint density at radius 3 is 2.36 bits per heavy atom. The van der Waals surface area contributed by atoms with Gasteiger partial charge in [-0.1, -0.05) is 68.4 Å². The third kappa shape index (κ3) is 3.96. The van der Waals surface area contributed by atoms with Gasteiger partial charge in [0.05, 0.1) is 5.56 Å². The van der Waals surface area contributed by atoms with E-state index < -0.39 is 0 Å². The number of allylic oxidation sites excluding steroid dienone is 1. The lowest BCUT2D eigenvalue weighted by Gasteiger charge is -2.34. The number of ether oxygens (including phenoxy) is 2. The number of carbonyl (C=O) groups excluding carboxylic acids is 1. The summed E-state index contributed by atoms with van der Waals surface area (Å²) in [5, 5.41) is 0. The molecule has 0 N–H and O–H groups in total. The summed E-state index contributed by atoms with van der Waals surface area (Å²) in [4.78, 5) is 15.5. The first-order valence-electron chi connectivity index (χ1n) is 11.5. The summed E-state index contributed by atoms with van der Waals surface area (Å²) in [5.41, 5.74) is 6.01. The van der Waals surface area contributed by atoms with Crippen LogP contribution in [0.5, 0.6) is 11.5 Å². The zero-order valence-electron chi connectivity index (χ0n) is 19.6. The molecule has 0 spiro atoms. The Bertz CT molecular complexity index is 1230. The van der Waals surface area contributed by atoms with Crippen molar-refractivity contribution in [2.75, 3.05) is 6.73 Å². The number of Topliss-reactive ketones (excluding diaryl/α,β-unsaturated/α-hetero) is 1. The Kier molecular flexibility index (Phi) is 5.55. The molecule has 0 fully saturated rings. The molecule has 0 bridgehead atoms. The number of nitrogens with zero attached hydrogens (tertiary/aromatic N) is 1. The lowest BCUT2D eigenvalue weighted by Crippen LogP contribution is -2.34. The highest BCUT2D eigenvalue weighted by atomic mass is 16.5. The number of benzene rings is 3. The van der Waals surface area contributed by atoms with Crippen molar-refractivity contribution < 1.29 is 14.3 Å². The molecule has 0 amide bonds. The van der Waals surface area contributed by atoms with Crippen LogP contribution in [0, 0.1) is 6.92 Å². The van der Waals surface area contributed by atoms with Crippen molar-refractivity contribution in [2.45, 2.75) is 46.2 Å². The van der Waals surface area contributed by atoms with Crippen molar-refractivity contribution >= 4 is 11.9 Å². The fourth-order valence-electron chi connectivity index (χ4n) is 4.59. The molecule has 4 nitrogen and oxygen atoms in total. The number of rotatable bonds is 4. The van der Waals surface area contributed by atoms with Gasteiger partial charge in [-0.15, -0.1) is 0 Å². The van der Waals surface area contributed by atoms with E-state index in [1.807, 2.05) is 37.3 Å². The monoisotopic (exact) mass is 439 g/mol. The summed E-state index contributed by atoms with van der Waals surface area (Å²) in [6.45, 7) is 9.72. The second-order valence-corrected chi connectivity index (χ2v) is 9.23. The molecule has 5 rings (SSSR count). The third-order valence-electron chi connectivity index (χ3n) is 6.70. The van der Waals surface area contributed by atoms with E-state index in [0.29, 0.717) is 29.7 Å². The SMILES string of the molecule is Cc1c2c(cc3c1O/C(=C\c1ccc(C(C)C)cc1)C3=O)CN(C(C)c1ccccc1)CO2. The predicted octanol–water partition coefficient (Wildman–Crippen LogP) is 6.65. The molecule has 3 aromatic carbocycles. The molecule has 1 atom stereocenters. The number of hydrogen-bond donors (Lipinski definition) is 0. The minimum absolute atomic E-state index is 0.0722. The minimum atomic E-state index is -0.0722. The van der Waals surface area contributed by atoms with E-state index >= 15 is 0 Å². The summed E-state index contributed by atoms with van der Waals surface area (Å²) in [7, 11) is 0. The van der Waals surface area contributed by atoms with Gasteiger partial charge < -0.3 is 9.47 Å². The van der Waals surface area contributed by atoms with Crippen LogP contribution in [0.1, 0.15) is 70.9 Å². The molecule has 4 heteroatoms. The average molecular weight is 440 g/mol. The topological polar surface area (TPSA) is 38.8 Å². The maximum Gasteiger partial charge on any atom is 0.231 e. The Balaban J connectivity index is 1.42. The van der Waals surface area contributed by atoms with Crippen LogP contribution in [-0.4, -0.2) is 17.4 Å². The van der Waals surface area contributed by atoms with Crippen LogP contribution in [0.15, 0.2) is 66.4 Å². The molecule has 3 aromatic rings. The quantitative estimate of drug-likeness (QED) is 0.427. The molecule has 1 unspecified atom stereocenters. The van der Waals surface area contributed by atoms with E-state index in [2.05, 4.69) is 62.1 Å². The molecule has 33 heavy (non-hydrogen) atoms. The summed E-state index contributed by atoms with van der Waals surface area (Å²) in [6, 6.07) is 20.8. The first-order valence-corrected chi connectivity index (χ1v) is 11.5. The second-order valence-electron chi connectivity index (χ2n) is 9.23. The lowest BCUT2D eigenvalue weighted by atomic mass is 9.98.